The van der Waals surface area contributed by atoms with E-state index in [2.05, 4.69) is 21.0 Å². The van der Waals surface area contributed by atoms with Crippen molar-refractivity contribution in [3.63, 3.8) is 0 Å². The summed E-state index contributed by atoms with van der Waals surface area (Å²) >= 11 is 3.44. The number of amides is 1. The molecule has 10 heteroatoms. The van der Waals surface area contributed by atoms with Crippen LogP contribution in [0.4, 0.5) is 5.69 Å². The molecule has 1 heterocycles. The van der Waals surface area contributed by atoms with Crippen molar-refractivity contribution in [3.8, 4) is 11.5 Å². The third-order valence-electron chi connectivity index (χ3n) is 5.39. The molecule has 0 saturated heterocycles. The minimum Gasteiger partial charge on any atom is -0.496 e. The molecule has 0 bridgehead atoms. The summed E-state index contributed by atoms with van der Waals surface area (Å²) in [5.41, 5.74) is 2.67. The molecule has 1 atom stereocenters. The van der Waals surface area contributed by atoms with Crippen molar-refractivity contribution in [1.29, 1.82) is 0 Å². The fourth-order valence-corrected chi connectivity index (χ4v) is 4.07. The Labute approximate surface area is 210 Å². The van der Waals surface area contributed by atoms with Crippen LogP contribution in [0.25, 0.3) is 0 Å². The van der Waals surface area contributed by atoms with Crippen molar-refractivity contribution in [2.24, 2.45) is 5.10 Å². The summed E-state index contributed by atoms with van der Waals surface area (Å²) in [5.74, 6) is 1.15. The number of hydrogen-bond donors (Lipinski definition) is 0. The zero-order valence-electron chi connectivity index (χ0n) is 19.2. The van der Waals surface area contributed by atoms with E-state index in [1.54, 1.807) is 38.3 Å². The first kappa shape index (κ1) is 24.2. The number of rotatable bonds is 7. The number of halogens is 1. The highest BCUT2D eigenvalue weighted by Gasteiger charge is 2.33. The van der Waals surface area contributed by atoms with Crippen LogP contribution in [0, 0.1) is 17.0 Å². The van der Waals surface area contributed by atoms with Gasteiger partial charge in [0.2, 0.25) is 18.0 Å². The molecule has 0 aromatic heterocycles. The molecular formula is C25H22BrN3O6. The van der Waals surface area contributed by atoms with Crippen LogP contribution in [-0.4, -0.2) is 28.8 Å². The van der Waals surface area contributed by atoms with Crippen molar-refractivity contribution < 1.29 is 23.9 Å². The van der Waals surface area contributed by atoms with Gasteiger partial charge in [-0.05, 0) is 55.5 Å². The van der Waals surface area contributed by atoms with Crippen molar-refractivity contribution >= 4 is 33.4 Å². The lowest BCUT2D eigenvalue weighted by molar-refractivity contribution is -0.385. The van der Waals surface area contributed by atoms with Crippen molar-refractivity contribution in [2.45, 2.75) is 26.7 Å². The van der Waals surface area contributed by atoms with Crippen molar-refractivity contribution in [2.75, 3.05) is 7.11 Å². The molecule has 0 saturated carbocycles. The number of hydrazone groups is 1. The summed E-state index contributed by atoms with van der Waals surface area (Å²) in [6.45, 7) is 3.22. The summed E-state index contributed by atoms with van der Waals surface area (Å²) in [5, 5.41) is 16.7. The average molecular weight is 540 g/mol. The first-order valence-corrected chi connectivity index (χ1v) is 11.4. The normalized spacial score (nSPS) is 14.8. The van der Waals surface area contributed by atoms with Gasteiger partial charge in [-0.25, -0.2) is 0 Å². The van der Waals surface area contributed by atoms with E-state index in [0.29, 0.717) is 34.1 Å². The number of ether oxygens (including phenoxy) is 3. The van der Waals surface area contributed by atoms with Gasteiger partial charge in [-0.2, -0.15) is 5.01 Å². The molecule has 3 aromatic rings. The van der Waals surface area contributed by atoms with Crippen molar-refractivity contribution in [1.82, 2.24) is 5.01 Å². The van der Waals surface area contributed by atoms with Gasteiger partial charge in [-0.1, -0.05) is 22.0 Å². The molecular weight excluding hydrogens is 518 g/mol. The Morgan fingerprint density at radius 2 is 2.00 bits per heavy atom. The second kappa shape index (κ2) is 10.1. The number of carbonyl (C=O) groups is 1. The highest BCUT2D eigenvalue weighted by Crippen LogP contribution is 2.34. The van der Waals surface area contributed by atoms with Crippen LogP contribution in [-0.2, 0) is 16.1 Å². The predicted molar refractivity (Wildman–Crippen MR) is 132 cm³/mol. The van der Waals surface area contributed by atoms with Crippen molar-refractivity contribution in [3.05, 3.63) is 97.5 Å². The van der Waals surface area contributed by atoms with E-state index >= 15 is 0 Å². The van der Waals surface area contributed by atoms with Crippen LogP contribution in [0.1, 0.15) is 35.4 Å². The smallest absolute Gasteiger partial charge is 0.272 e. The van der Waals surface area contributed by atoms with Gasteiger partial charge in [0.05, 0.1) is 12.0 Å². The van der Waals surface area contributed by atoms with Gasteiger partial charge in [0, 0.05) is 39.7 Å². The fourth-order valence-electron chi connectivity index (χ4n) is 3.67. The largest absolute Gasteiger partial charge is 0.496 e. The topological polar surface area (TPSA) is 104 Å². The number of carbonyl (C=O) groups excluding carboxylic acids is 1. The van der Waals surface area contributed by atoms with Crippen LogP contribution in [0.3, 0.4) is 0 Å². The van der Waals surface area contributed by atoms with Crippen LogP contribution < -0.4 is 9.47 Å². The Bertz CT molecular complexity index is 1330. The minimum absolute atomic E-state index is 0.0286. The van der Waals surface area contributed by atoms with Gasteiger partial charge in [-0.15, -0.1) is 5.10 Å². The summed E-state index contributed by atoms with van der Waals surface area (Å²) in [7, 11) is 1.55. The number of aryl methyl sites for hydroxylation is 1. The Hall–Kier alpha value is -3.92. The molecule has 0 fully saturated rings. The Morgan fingerprint density at radius 3 is 2.66 bits per heavy atom. The molecule has 1 amide bonds. The summed E-state index contributed by atoms with van der Waals surface area (Å²) in [6, 6.07) is 17.4. The summed E-state index contributed by atoms with van der Waals surface area (Å²) in [4.78, 5) is 23.0. The lowest BCUT2D eigenvalue weighted by atomic mass is 10.1. The number of methoxy groups -OCH3 is 1. The number of nitro groups is 1. The molecule has 180 valence electrons. The lowest BCUT2D eigenvalue weighted by Crippen LogP contribution is -2.25. The van der Waals surface area contributed by atoms with E-state index in [4.69, 9.17) is 14.2 Å². The maximum atomic E-state index is 12.3. The molecule has 0 unspecified atom stereocenters. The quantitative estimate of drug-likeness (QED) is 0.290. The Balaban J connectivity index is 1.58. The molecule has 0 N–H and O–H groups in total. The zero-order valence-corrected chi connectivity index (χ0v) is 20.8. The van der Waals surface area contributed by atoms with Crippen LogP contribution in [0.15, 0.2) is 70.2 Å². The SMILES string of the molecule is COc1ccc([C@@H]2OC(c3cccc(Br)c3)=NN2C(C)=O)cc1COc1ccc([N+](=O)[O-])c(C)c1. The summed E-state index contributed by atoms with van der Waals surface area (Å²) < 4.78 is 18.3. The Morgan fingerprint density at radius 1 is 1.20 bits per heavy atom. The van der Waals surface area contributed by atoms with Gasteiger partial charge in [0.25, 0.3) is 5.69 Å². The number of nitro benzene ring substituents is 1. The number of benzene rings is 3. The molecule has 0 radical (unpaired) electrons. The molecule has 4 rings (SSSR count). The van der Waals surface area contributed by atoms with Gasteiger partial charge in [0.1, 0.15) is 18.1 Å². The third kappa shape index (κ3) is 5.27. The number of nitrogens with zero attached hydrogens (tertiary/aromatic N) is 3. The van der Waals surface area contributed by atoms with E-state index < -0.39 is 11.2 Å². The molecule has 3 aromatic carbocycles. The molecule has 1 aliphatic rings. The maximum absolute atomic E-state index is 12.3. The van der Waals surface area contributed by atoms with Crippen LogP contribution in [0.2, 0.25) is 0 Å². The average Bonchev–Trinajstić information content (AvgIpc) is 3.28. The van der Waals surface area contributed by atoms with Gasteiger partial charge in [0.15, 0.2) is 0 Å². The monoisotopic (exact) mass is 539 g/mol. The summed E-state index contributed by atoms with van der Waals surface area (Å²) in [6.07, 6.45) is -0.757. The standard InChI is InChI=1S/C25H22BrN3O6/c1-15-11-21(8-9-22(15)29(31)32)34-14-19-12-18(7-10-23(19)33-3)25-28(16(2)30)27-24(35-25)17-5-4-6-20(26)13-17/h4-13,25H,14H2,1-3H3/t25-/m0/s1. The third-order valence-corrected chi connectivity index (χ3v) is 5.88. The molecule has 35 heavy (non-hydrogen) atoms. The minimum atomic E-state index is -0.757. The first-order chi connectivity index (χ1) is 16.8. The molecule has 9 nitrogen and oxygen atoms in total. The fraction of sp³-hybridized carbons (Fsp3) is 0.200. The van der Waals surface area contributed by atoms with Crippen LogP contribution >= 0.6 is 15.9 Å². The van der Waals surface area contributed by atoms with Crippen LogP contribution in [0.5, 0.6) is 11.5 Å². The zero-order chi connectivity index (χ0) is 25.1. The van der Waals surface area contributed by atoms with E-state index in [1.807, 2.05) is 30.3 Å². The second-order valence-corrected chi connectivity index (χ2v) is 8.73. The predicted octanol–water partition coefficient (Wildman–Crippen LogP) is 5.49. The van der Waals surface area contributed by atoms with E-state index in [1.165, 1.54) is 18.0 Å². The van der Waals surface area contributed by atoms with Gasteiger partial charge >= 0.3 is 0 Å². The lowest BCUT2D eigenvalue weighted by Gasteiger charge is -2.21. The van der Waals surface area contributed by atoms with Gasteiger partial charge in [-0.3, -0.25) is 14.9 Å². The second-order valence-electron chi connectivity index (χ2n) is 7.81. The van der Waals surface area contributed by atoms with E-state index in [9.17, 15) is 14.9 Å². The number of hydrogen-bond acceptors (Lipinski definition) is 7. The van der Waals surface area contributed by atoms with Gasteiger partial charge < -0.3 is 14.2 Å². The van der Waals surface area contributed by atoms with E-state index in [-0.39, 0.29) is 18.2 Å². The first-order valence-electron chi connectivity index (χ1n) is 10.6. The van der Waals surface area contributed by atoms with E-state index in [0.717, 1.165) is 10.0 Å². The molecule has 0 aliphatic carbocycles. The Kier molecular flexibility index (Phi) is 7.02. The maximum Gasteiger partial charge on any atom is 0.272 e. The highest BCUT2D eigenvalue weighted by molar-refractivity contribution is 9.10. The molecule has 0 spiro atoms. The highest BCUT2D eigenvalue weighted by atomic mass is 79.9. The molecule has 1 aliphatic heterocycles.